The van der Waals surface area contributed by atoms with E-state index in [1.54, 1.807) is 17.1 Å². The zero-order chi connectivity index (χ0) is 16.8. The Hall–Kier alpha value is -2.67. The number of amides is 1. The van der Waals surface area contributed by atoms with Gasteiger partial charge >= 0.3 is 0 Å². The molecule has 0 radical (unpaired) electrons. The van der Waals surface area contributed by atoms with Crippen molar-refractivity contribution >= 4 is 17.5 Å². The quantitative estimate of drug-likeness (QED) is 0.665. The van der Waals surface area contributed by atoms with E-state index in [0.29, 0.717) is 23.8 Å². The van der Waals surface area contributed by atoms with Gasteiger partial charge in [0.05, 0.1) is 12.7 Å². The highest BCUT2D eigenvalue weighted by molar-refractivity contribution is 6.30. The first-order valence-electron chi connectivity index (χ1n) is 7.61. The molecule has 0 bridgehead atoms. The number of carbonyl (C=O) groups excluding carboxylic acids is 1. The van der Waals surface area contributed by atoms with Crippen molar-refractivity contribution in [3.05, 3.63) is 65.2 Å². The summed E-state index contributed by atoms with van der Waals surface area (Å²) < 4.78 is 3.45. The molecule has 124 valence electrons. The van der Waals surface area contributed by atoms with Gasteiger partial charge in [-0.05, 0) is 30.2 Å². The Morgan fingerprint density at radius 1 is 1.21 bits per heavy atom. The van der Waals surface area contributed by atoms with Crippen LogP contribution in [0.2, 0.25) is 5.02 Å². The normalized spacial score (nSPS) is 10.7. The van der Waals surface area contributed by atoms with Crippen LogP contribution in [-0.4, -0.2) is 37.2 Å². The summed E-state index contributed by atoms with van der Waals surface area (Å²) >= 11 is 5.86. The first-order valence-corrected chi connectivity index (χ1v) is 7.99. The summed E-state index contributed by atoms with van der Waals surface area (Å²) in [6, 6.07) is 9.34. The lowest BCUT2D eigenvalue weighted by molar-refractivity contribution is 0.0947. The van der Waals surface area contributed by atoms with Crippen LogP contribution in [0.3, 0.4) is 0 Å². The number of hydrogen-bond acceptors (Lipinski definition) is 4. The van der Waals surface area contributed by atoms with Gasteiger partial charge in [-0.3, -0.25) is 9.48 Å². The third-order valence-corrected chi connectivity index (χ3v) is 3.69. The number of nitrogens with zero attached hydrogens (tertiary/aromatic N) is 5. The van der Waals surface area contributed by atoms with Gasteiger partial charge < -0.3 is 5.32 Å². The second-order valence-electron chi connectivity index (χ2n) is 5.31. The van der Waals surface area contributed by atoms with E-state index in [1.807, 2.05) is 41.2 Å². The lowest BCUT2D eigenvalue weighted by Crippen LogP contribution is -2.25. The maximum atomic E-state index is 12.0. The average Bonchev–Trinajstić information content (AvgIpc) is 3.25. The fraction of sp³-hybridized carbons (Fsp3) is 0.250. The van der Waals surface area contributed by atoms with Crippen LogP contribution in [0.25, 0.3) is 0 Å². The number of carbonyl (C=O) groups is 1. The zero-order valence-corrected chi connectivity index (χ0v) is 13.7. The highest BCUT2D eigenvalue weighted by atomic mass is 35.5. The Balaban J connectivity index is 1.47. The van der Waals surface area contributed by atoms with Gasteiger partial charge in [0.15, 0.2) is 5.69 Å². The van der Waals surface area contributed by atoms with Crippen molar-refractivity contribution in [3.8, 4) is 0 Å². The highest BCUT2D eigenvalue weighted by Gasteiger charge is 2.10. The van der Waals surface area contributed by atoms with E-state index in [2.05, 4.69) is 20.7 Å². The van der Waals surface area contributed by atoms with E-state index >= 15 is 0 Å². The Labute approximate surface area is 144 Å². The standard InChI is InChI=1S/C16H17ClN6O/c17-14-5-3-13(4-6-14)11-23-12-15(20-21-23)16(24)18-7-1-9-22-10-2-8-19-22/h2-6,8,10,12H,1,7,9,11H2,(H,18,24). The number of rotatable bonds is 7. The number of halogens is 1. The van der Waals surface area contributed by atoms with Crippen molar-refractivity contribution in [3.63, 3.8) is 0 Å². The summed E-state index contributed by atoms with van der Waals surface area (Å²) in [5, 5.41) is 15.5. The van der Waals surface area contributed by atoms with Crippen LogP contribution in [0, 0.1) is 0 Å². The molecule has 1 amide bonds. The molecular formula is C16H17ClN6O. The van der Waals surface area contributed by atoms with E-state index in [9.17, 15) is 4.79 Å². The van der Waals surface area contributed by atoms with E-state index in [0.717, 1.165) is 18.5 Å². The molecule has 0 aliphatic rings. The van der Waals surface area contributed by atoms with Crippen LogP contribution < -0.4 is 5.32 Å². The number of hydrogen-bond donors (Lipinski definition) is 1. The summed E-state index contributed by atoms with van der Waals surface area (Å²) in [5.74, 6) is -0.224. The molecule has 2 heterocycles. The molecule has 24 heavy (non-hydrogen) atoms. The molecule has 0 atom stereocenters. The lowest BCUT2D eigenvalue weighted by atomic mass is 10.2. The zero-order valence-electron chi connectivity index (χ0n) is 13.0. The van der Waals surface area contributed by atoms with Crippen molar-refractivity contribution in [2.45, 2.75) is 19.5 Å². The molecule has 3 rings (SSSR count). The van der Waals surface area contributed by atoms with Gasteiger partial charge in [-0.1, -0.05) is 28.9 Å². The van der Waals surface area contributed by atoms with E-state index < -0.39 is 0 Å². The second kappa shape index (κ2) is 7.74. The molecule has 0 aliphatic heterocycles. The maximum absolute atomic E-state index is 12.0. The summed E-state index contributed by atoms with van der Waals surface area (Å²) in [6.45, 7) is 1.86. The van der Waals surface area contributed by atoms with Crippen molar-refractivity contribution in [1.29, 1.82) is 0 Å². The van der Waals surface area contributed by atoms with Crippen molar-refractivity contribution in [2.75, 3.05) is 6.54 Å². The Kier molecular flexibility index (Phi) is 5.22. The van der Waals surface area contributed by atoms with Crippen molar-refractivity contribution in [1.82, 2.24) is 30.1 Å². The predicted molar refractivity (Wildman–Crippen MR) is 89.8 cm³/mol. The van der Waals surface area contributed by atoms with Crippen LogP contribution in [0.4, 0.5) is 0 Å². The minimum atomic E-state index is -0.224. The topological polar surface area (TPSA) is 77.6 Å². The molecule has 1 aromatic carbocycles. The molecular weight excluding hydrogens is 328 g/mol. The molecule has 0 fully saturated rings. The monoisotopic (exact) mass is 344 g/mol. The van der Waals surface area contributed by atoms with Crippen molar-refractivity contribution in [2.24, 2.45) is 0 Å². The first-order chi connectivity index (χ1) is 11.7. The molecule has 0 saturated carbocycles. The molecule has 2 aromatic heterocycles. The fourth-order valence-electron chi connectivity index (χ4n) is 2.22. The van der Waals surface area contributed by atoms with Crippen LogP contribution in [-0.2, 0) is 13.1 Å². The molecule has 0 spiro atoms. The molecule has 7 nitrogen and oxygen atoms in total. The number of benzene rings is 1. The third kappa shape index (κ3) is 4.42. The minimum Gasteiger partial charge on any atom is -0.351 e. The van der Waals surface area contributed by atoms with Gasteiger partial charge in [-0.2, -0.15) is 5.10 Å². The molecule has 3 aromatic rings. The van der Waals surface area contributed by atoms with Gasteiger partial charge in [0.1, 0.15) is 0 Å². The molecule has 1 N–H and O–H groups in total. The minimum absolute atomic E-state index is 0.224. The Bertz CT molecular complexity index is 781. The lowest BCUT2D eigenvalue weighted by Gasteiger charge is -2.03. The summed E-state index contributed by atoms with van der Waals surface area (Å²) in [6.07, 6.45) is 6.06. The van der Waals surface area contributed by atoms with E-state index in [4.69, 9.17) is 11.6 Å². The highest BCUT2D eigenvalue weighted by Crippen LogP contribution is 2.10. The first kappa shape index (κ1) is 16.2. The van der Waals surface area contributed by atoms with Crippen LogP contribution >= 0.6 is 11.6 Å². The summed E-state index contributed by atoms with van der Waals surface area (Å²) in [4.78, 5) is 12.0. The second-order valence-corrected chi connectivity index (χ2v) is 5.74. The molecule has 0 aliphatic carbocycles. The van der Waals surface area contributed by atoms with Crippen LogP contribution in [0.1, 0.15) is 22.5 Å². The Morgan fingerprint density at radius 2 is 2.04 bits per heavy atom. The van der Waals surface area contributed by atoms with Gasteiger partial charge in [-0.15, -0.1) is 5.10 Å². The van der Waals surface area contributed by atoms with Gasteiger partial charge in [-0.25, -0.2) is 4.68 Å². The summed E-state index contributed by atoms with van der Waals surface area (Å²) in [7, 11) is 0. The predicted octanol–water partition coefficient (Wildman–Crippen LogP) is 2.00. The van der Waals surface area contributed by atoms with Gasteiger partial charge in [0, 0.05) is 30.5 Å². The third-order valence-electron chi connectivity index (χ3n) is 3.44. The molecule has 8 heteroatoms. The van der Waals surface area contributed by atoms with E-state index in [-0.39, 0.29) is 5.91 Å². The average molecular weight is 345 g/mol. The largest absolute Gasteiger partial charge is 0.351 e. The fourth-order valence-corrected chi connectivity index (χ4v) is 2.35. The van der Waals surface area contributed by atoms with Gasteiger partial charge in [0.25, 0.3) is 5.91 Å². The van der Waals surface area contributed by atoms with Crippen molar-refractivity contribution < 1.29 is 4.79 Å². The Morgan fingerprint density at radius 3 is 2.79 bits per heavy atom. The SMILES string of the molecule is O=C(NCCCn1cccn1)c1cn(Cc2ccc(Cl)cc2)nn1. The molecule has 0 unspecified atom stereocenters. The van der Waals surface area contributed by atoms with E-state index in [1.165, 1.54) is 0 Å². The number of aromatic nitrogens is 5. The number of nitrogens with one attached hydrogen (secondary N) is 1. The van der Waals surface area contributed by atoms with Crippen LogP contribution in [0.15, 0.2) is 48.9 Å². The maximum Gasteiger partial charge on any atom is 0.273 e. The van der Waals surface area contributed by atoms with Gasteiger partial charge in [0.2, 0.25) is 0 Å². The smallest absolute Gasteiger partial charge is 0.273 e. The van der Waals surface area contributed by atoms with Crippen LogP contribution in [0.5, 0.6) is 0 Å². The number of aryl methyl sites for hydroxylation is 1. The summed E-state index contributed by atoms with van der Waals surface area (Å²) in [5.41, 5.74) is 1.35. The molecule has 0 saturated heterocycles.